The maximum Gasteiger partial charge on any atom is 0.237 e. The molecule has 0 saturated carbocycles. The zero-order valence-electron chi connectivity index (χ0n) is 15.2. The Morgan fingerprint density at radius 1 is 1.15 bits per heavy atom. The maximum atomic E-state index is 12.3. The Bertz CT molecular complexity index is 1000. The summed E-state index contributed by atoms with van der Waals surface area (Å²) in [5.74, 6) is 1.92. The van der Waals surface area contributed by atoms with E-state index in [1.165, 1.54) is 11.9 Å². The molecule has 2 heterocycles. The Kier molecular flexibility index (Phi) is 5.70. The standard InChI is InChI=1S/C18H21N5O3S/c1-3-15-4-6-16(7-5-15)26-10-11-27(24,25)22-17-12-18(21-13-20-17)23-9-8-19-14(23)2/h4-9,12-13H,3,10-11H2,1-2H3,(H,20,21,22). The average Bonchev–Trinajstić information content (AvgIpc) is 3.08. The Labute approximate surface area is 158 Å². The van der Waals surface area contributed by atoms with Crippen LogP contribution in [0.3, 0.4) is 0 Å². The largest absolute Gasteiger partial charge is 0.492 e. The van der Waals surface area contributed by atoms with Crippen molar-refractivity contribution in [3.8, 4) is 11.6 Å². The van der Waals surface area contributed by atoms with Crippen LogP contribution in [0.25, 0.3) is 5.82 Å². The minimum Gasteiger partial charge on any atom is -0.492 e. The van der Waals surface area contributed by atoms with E-state index in [0.29, 0.717) is 11.6 Å². The molecule has 0 unspecified atom stereocenters. The van der Waals surface area contributed by atoms with Crippen LogP contribution in [0.2, 0.25) is 0 Å². The minimum absolute atomic E-state index is 0.0410. The lowest BCUT2D eigenvalue weighted by Crippen LogP contribution is -2.22. The maximum absolute atomic E-state index is 12.3. The zero-order valence-corrected chi connectivity index (χ0v) is 16.0. The summed E-state index contributed by atoms with van der Waals surface area (Å²) in [6.45, 7) is 3.94. The third kappa shape index (κ3) is 5.04. The van der Waals surface area contributed by atoms with Gasteiger partial charge >= 0.3 is 0 Å². The van der Waals surface area contributed by atoms with Gasteiger partial charge in [0.25, 0.3) is 0 Å². The number of aryl methyl sites for hydroxylation is 2. The number of sulfonamides is 1. The molecule has 9 heteroatoms. The van der Waals surface area contributed by atoms with Crippen LogP contribution in [0.15, 0.2) is 49.1 Å². The Morgan fingerprint density at radius 3 is 2.59 bits per heavy atom. The zero-order chi connectivity index (χ0) is 19.3. The lowest BCUT2D eigenvalue weighted by Gasteiger charge is -2.10. The quantitative estimate of drug-likeness (QED) is 0.637. The van der Waals surface area contributed by atoms with Crippen LogP contribution in [0.4, 0.5) is 5.82 Å². The molecule has 2 aromatic heterocycles. The molecule has 3 rings (SSSR count). The van der Waals surface area contributed by atoms with Crippen LogP contribution in [-0.2, 0) is 16.4 Å². The molecule has 8 nitrogen and oxygen atoms in total. The molecule has 1 N–H and O–H groups in total. The molecule has 0 radical (unpaired) electrons. The summed E-state index contributed by atoms with van der Waals surface area (Å²) >= 11 is 0. The van der Waals surface area contributed by atoms with Crippen molar-refractivity contribution in [2.75, 3.05) is 17.1 Å². The van der Waals surface area contributed by atoms with Gasteiger partial charge in [-0.15, -0.1) is 0 Å². The Morgan fingerprint density at radius 2 is 1.93 bits per heavy atom. The fraction of sp³-hybridized carbons (Fsp3) is 0.278. The Balaban J connectivity index is 1.60. The highest BCUT2D eigenvalue weighted by molar-refractivity contribution is 7.92. The molecule has 0 fully saturated rings. The monoisotopic (exact) mass is 387 g/mol. The van der Waals surface area contributed by atoms with Crippen molar-refractivity contribution in [2.45, 2.75) is 20.3 Å². The molecule has 0 aliphatic rings. The average molecular weight is 387 g/mol. The first-order valence-electron chi connectivity index (χ1n) is 8.51. The number of ether oxygens (including phenoxy) is 1. The molecule has 0 aliphatic heterocycles. The predicted octanol–water partition coefficient (Wildman–Crippen LogP) is 2.35. The molecular weight excluding hydrogens is 366 g/mol. The molecule has 0 amide bonds. The summed E-state index contributed by atoms with van der Waals surface area (Å²) in [5, 5.41) is 0. The number of aromatic nitrogens is 4. The SMILES string of the molecule is CCc1ccc(OCCS(=O)(=O)Nc2cc(-n3ccnc3C)ncn2)cc1. The van der Waals surface area contributed by atoms with Gasteiger partial charge in [-0.05, 0) is 31.0 Å². The highest BCUT2D eigenvalue weighted by atomic mass is 32.2. The van der Waals surface area contributed by atoms with E-state index in [2.05, 4.69) is 26.6 Å². The van der Waals surface area contributed by atoms with Crippen molar-refractivity contribution < 1.29 is 13.2 Å². The van der Waals surface area contributed by atoms with Crippen LogP contribution in [0.5, 0.6) is 5.75 Å². The molecule has 27 heavy (non-hydrogen) atoms. The molecular formula is C18H21N5O3S. The highest BCUT2D eigenvalue weighted by Gasteiger charge is 2.13. The van der Waals surface area contributed by atoms with E-state index in [1.807, 2.05) is 31.2 Å². The lowest BCUT2D eigenvalue weighted by molar-refractivity contribution is 0.341. The number of benzene rings is 1. The van der Waals surface area contributed by atoms with E-state index in [4.69, 9.17) is 4.74 Å². The molecule has 1 aromatic carbocycles. The number of nitrogens with zero attached hydrogens (tertiary/aromatic N) is 4. The van der Waals surface area contributed by atoms with Gasteiger partial charge in [0.05, 0.1) is 0 Å². The van der Waals surface area contributed by atoms with Crippen LogP contribution in [0.1, 0.15) is 18.3 Å². The second kappa shape index (κ2) is 8.17. The molecule has 0 bridgehead atoms. The number of hydrogen-bond donors (Lipinski definition) is 1. The summed E-state index contributed by atoms with van der Waals surface area (Å²) < 4.78 is 34.3. The summed E-state index contributed by atoms with van der Waals surface area (Å²) in [4.78, 5) is 12.2. The molecule has 0 saturated heterocycles. The van der Waals surface area contributed by atoms with Gasteiger partial charge in [-0.1, -0.05) is 19.1 Å². The third-order valence-corrected chi connectivity index (χ3v) is 5.16. The van der Waals surface area contributed by atoms with Crippen molar-refractivity contribution in [3.05, 3.63) is 60.4 Å². The number of imidazole rings is 1. The van der Waals surface area contributed by atoms with Gasteiger partial charge in [0, 0.05) is 18.5 Å². The molecule has 3 aromatic rings. The van der Waals surface area contributed by atoms with Crippen molar-refractivity contribution in [1.29, 1.82) is 0 Å². The van der Waals surface area contributed by atoms with Gasteiger partial charge in [-0.25, -0.2) is 23.4 Å². The molecule has 0 spiro atoms. The summed E-state index contributed by atoms with van der Waals surface area (Å²) in [6.07, 6.45) is 5.63. The summed E-state index contributed by atoms with van der Waals surface area (Å²) in [6, 6.07) is 9.15. The molecule has 142 valence electrons. The molecule has 0 aliphatic carbocycles. The van der Waals surface area contributed by atoms with E-state index < -0.39 is 10.0 Å². The van der Waals surface area contributed by atoms with Gasteiger partial charge in [0.15, 0.2) is 0 Å². The van der Waals surface area contributed by atoms with Crippen molar-refractivity contribution in [2.24, 2.45) is 0 Å². The first kappa shape index (κ1) is 18.8. The van der Waals surface area contributed by atoms with E-state index in [0.717, 1.165) is 12.2 Å². The number of hydrogen-bond acceptors (Lipinski definition) is 6. The van der Waals surface area contributed by atoms with Crippen molar-refractivity contribution in [3.63, 3.8) is 0 Å². The second-order valence-corrected chi connectivity index (χ2v) is 7.71. The van der Waals surface area contributed by atoms with E-state index >= 15 is 0 Å². The normalized spacial score (nSPS) is 11.3. The van der Waals surface area contributed by atoms with Crippen LogP contribution >= 0.6 is 0 Å². The number of rotatable bonds is 8. The summed E-state index contributed by atoms with van der Waals surface area (Å²) in [5.41, 5.74) is 1.20. The topological polar surface area (TPSA) is 99.0 Å². The van der Waals surface area contributed by atoms with Gasteiger partial charge in [0.2, 0.25) is 10.0 Å². The predicted molar refractivity (Wildman–Crippen MR) is 103 cm³/mol. The van der Waals surface area contributed by atoms with Gasteiger partial charge in [-0.3, -0.25) is 9.29 Å². The highest BCUT2D eigenvalue weighted by Crippen LogP contribution is 2.14. The fourth-order valence-electron chi connectivity index (χ4n) is 2.46. The smallest absolute Gasteiger partial charge is 0.237 e. The van der Waals surface area contributed by atoms with E-state index in [9.17, 15) is 8.42 Å². The van der Waals surface area contributed by atoms with Gasteiger partial charge < -0.3 is 4.74 Å². The summed E-state index contributed by atoms with van der Waals surface area (Å²) in [7, 11) is -3.60. The first-order valence-corrected chi connectivity index (χ1v) is 10.2. The lowest BCUT2D eigenvalue weighted by atomic mass is 10.2. The van der Waals surface area contributed by atoms with E-state index in [-0.39, 0.29) is 18.2 Å². The van der Waals surface area contributed by atoms with Crippen LogP contribution in [-0.4, -0.2) is 40.3 Å². The first-order chi connectivity index (χ1) is 13.0. The van der Waals surface area contributed by atoms with Crippen LogP contribution in [0, 0.1) is 6.92 Å². The number of nitrogens with one attached hydrogen (secondary N) is 1. The molecule has 0 atom stereocenters. The van der Waals surface area contributed by atoms with Gasteiger partial charge in [-0.2, -0.15) is 0 Å². The van der Waals surface area contributed by atoms with Crippen molar-refractivity contribution in [1.82, 2.24) is 19.5 Å². The third-order valence-electron chi connectivity index (χ3n) is 3.94. The second-order valence-electron chi connectivity index (χ2n) is 5.87. The van der Waals surface area contributed by atoms with E-state index in [1.54, 1.807) is 23.0 Å². The number of anilines is 1. The fourth-order valence-corrected chi connectivity index (χ4v) is 3.29. The Hall–Kier alpha value is -2.94. The van der Waals surface area contributed by atoms with Crippen LogP contribution < -0.4 is 9.46 Å². The van der Waals surface area contributed by atoms with Crippen molar-refractivity contribution >= 4 is 15.8 Å². The van der Waals surface area contributed by atoms with Gasteiger partial charge in [0.1, 0.15) is 41.9 Å². The minimum atomic E-state index is -3.60.